The van der Waals surface area contributed by atoms with Crippen molar-refractivity contribution in [3.8, 4) is 0 Å². The van der Waals surface area contributed by atoms with Crippen LogP contribution in [0.2, 0.25) is 0 Å². The summed E-state index contributed by atoms with van der Waals surface area (Å²) in [6, 6.07) is 12.0. The second kappa shape index (κ2) is 9.21. The smallest absolute Gasteiger partial charge is 0.241 e. The van der Waals surface area contributed by atoms with Gasteiger partial charge in [0, 0.05) is 0 Å². The fourth-order valence-corrected chi connectivity index (χ4v) is 5.04. The van der Waals surface area contributed by atoms with E-state index in [0.29, 0.717) is 5.69 Å². The highest BCUT2D eigenvalue weighted by molar-refractivity contribution is 7.92. The summed E-state index contributed by atoms with van der Waals surface area (Å²) in [5, 5.41) is 3.05. The molecule has 1 atom stereocenters. The maximum atomic E-state index is 12.9. The molecule has 0 bridgehead atoms. The lowest BCUT2D eigenvalue weighted by Gasteiger charge is -2.26. The molecule has 1 aliphatic carbocycles. The van der Waals surface area contributed by atoms with Gasteiger partial charge in [-0.15, -0.1) is 0 Å². The van der Waals surface area contributed by atoms with Gasteiger partial charge >= 0.3 is 0 Å². The zero-order valence-electron chi connectivity index (χ0n) is 18.4. The van der Waals surface area contributed by atoms with Gasteiger partial charge in [0.05, 0.1) is 18.0 Å². The van der Waals surface area contributed by atoms with Gasteiger partial charge in [-0.05, 0) is 79.8 Å². The van der Waals surface area contributed by atoms with Gasteiger partial charge in [0.25, 0.3) is 0 Å². The molecule has 2 aromatic rings. The van der Waals surface area contributed by atoms with E-state index in [2.05, 4.69) is 23.5 Å². The third kappa shape index (κ3) is 5.22. The van der Waals surface area contributed by atoms with Gasteiger partial charge in [-0.1, -0.05) is 37.3 Å². The first kappa shape index (κ1) is 22.3. The van der Waals surface area contributed by atoms with Crippen molar-refractivity contribution >= 4 is 21.6 Å². The molecule has 162 valence electrons. The maximum Gasteiger partial charge on any atom is 0.241 e. The van der Waals surface area contributed by atoms with Crippen LogP contribution in [-0.2, 0) is 27.7 Å². The molecule has 0 heterocycles. The monoisotopic (exact) mass is 428 g/mol. The molecule has 30 heavy (non-hydrogen) atoms. The van der Waals surface area contributed by atoms with Crippen molar-refractivity contribution in [2.45, 2.75) is 58.9 Å². The molecule has 0 spiro atoms. The fraction of sp³-hybridized carbons (Fsp3) is 0.458. The number of carbonyl (C=O) groups excluding carboxylic acids is 1. The molecule has 1 N–H and O–H groups in total. The zero-order chi connectivity index (χ0) is 21.9. The molecule has 3 rings (SSSR count). The number of nitrogens with one attached hydrogen (secondary N) is 1. The first-order chi connectivity index (χ1) is 14.2. The van der Waals surface area contributed by atoms with Crippen molar-refractivity contribution < 1.29 is 13.2 Å². The third-order valence-corrected chi connectivity index (χ3v) is 6.97. The number of aryl methyl sites for hydroxylation is 4. The molecular formula is C24H32N2O3S. The Morgan fingerprint density at radius 1 is 1.07 bits per heavy atom. The van der Waals surface area contributed by atoms with Gasteiger partial charge < -0.3 is 5.32 Å². The summed E-state index contributed by atoms with van der Waals surface area (Å²) in [4.78, 5) is 12.9. The van der Waals surface area contributed by atoms with Gasteiger partial charge in [-0.2, -0.15) is 0 Å². The van der Waals surface area contributed by atoms with E-state index in [1.54, 1.807) is 0 Å². The third-order valence-electron chi connectivity index (χ3n) is 5.84. The summed E-state index contributed by atoms with van der Waals surface area (Å²) in [6.07, 6.45) is 6.54. The lowest BCUT2D eigenvalue weighted by molar-refractivity contribution is -0.120. The van der Waals surface area contributed by atoms with Gasteiger partial charge in [-0.3, -0.25) is 9.10 Å². The molecule has 1 aliphatic rings. The molecule has 1 amide bonds. The molecule has 2 aromatic carbocycles. The number of hydrogen-bond acceptors (Lipinski definition) is 3. The van der Waals surface area contributed by atoms with Crippen molar-refractivity contribution in [1.82, 2.24) is 5.32 Å². The Morgan fingerprint density at radius 2 is 1.77 bits per heavy atom. The summed E-state index contributed by atoms with van der Waals surface area (Å²) in [5.74, 6) is -0.300. The Bertz CT molecular complexity index is 1030. The molecule has 0 fully saturated rings. The molecule has 0 radical (unpaired) electrons. The van der Waals surface area contributed by atoms with E-state index in [1.807, 2.05) is 39.0 Å². The van der Waals surface area contributed by atoms with E-state index in [9.17, 15) is 13.2 Å². The Labute approximate surface area is 180 Å². The fourth-order valence-electron chi connectivity index (χ4n) is 4.13. The lowest BCUT2D eigenvalue weighted by Crippen LogP contribution is -2.41. The van der Waals surface area contributed by atoms with Crippen molar-refractivity contribution in [1.29, 1.82) is 0 Å². The molecule has 0 aromatic heterocycles. The highest BCUT2D eigenvalue weighted by Crippen LogP contribution is 2.27. The number of rotatable bonds is 7. The lowest BCUT2D eigenvalue weighted by atomic mass is 9.89. The molecule has 0 saturated heterocycles. The Balaban J connectivity index is 1.79. The summed E-state index contributed by atoms with van der Waals surface area (Å²) < 4.78 is 26.1. The van der Waals surface area contributed by atoms with E-state index in [-0.39, 0.29) is 18.5 Å². The predicted octanol–water partition coefficient (Wildman–Crippen LogP) is 4.22. The number of anilines is 1. The summed E-state index contributed by atoms with van der Waals surface area (Å²) in [7, 11) is -3.60. The first-order valence-electron chi connectivity index (χ1n) is 10.6. The quantitative estimate of drug-likeness (QED) is 0.718. The predicted molar refractivity (Wildman–Crippen MR) is 122 cm³/mol. The van der Waals surface area contributed by atoms with E-state index < -0.39 is 10.0 Å². The van der Waals surface area contributed by atoms with Crippen LogP contribution < -0.4 is 9.62 Å². The van der Waals surface area contributed by atoms with Gasteiger partial charge in [0.2, 0.25) is 15.9 Å². The molecule has 0 unspecified atom stereocenters. The zero-order valence-corrected chi connectivity index (χ0v) is 19.2. The van der Waals surface area contributed by atoms with Crippen molar-refractivity contribution in [3.63, 3.8) is 0 Å². The van der Waals surface area contributed by atoms with Crippen LogP contribution in [0.1, 0.15) is 60.0 Å². The van der Waals surface area contributed by atoms with E-state index in [1.165, 1.54) is 28.3 Å². The number of sulfonamides is 1. The molecule has 6 heteroatoms. The van der Waals surface area contributed by atoms with Gasteiger partial charge in [0.15, 0.2) is 0 Å². The van der Waals surface area contributed by atoms with E-state index in [0.717, 1.165) is 42.2 Å². The minimum atomic E-state index is -3.60. The summed E-state index contributed by atoms with van der Waals surface area (Å²) in [5.41, 5.74) is 6.19. The first-order valence-corrected chi connectivity index (χ1v) is 12.5. The highest BCUT2D eigenvalue weighted by Gasteiger charge is 2.24. The average molecular weight is 429 g/mol. The maximum absolute atomic E-state index is 12.9. The SMILES string of the molecule is CC[C@@H](NC(=O)CN(c1cc(C)ccc1C)S(C)(=O)=O)c1ccc2c(c1)CCCC2. The Hall–Kier alpha value is -2.34. The Kier molecular flexibility index (Phi) is 6.86. The molecule has 5 nitrogen and oxygen atoms in total. The number of benzene rings is 2. The second-order valence-corrected chi connectivity index (χ2v) is 10.2. The van der Waals surface area contributed by atoms with Crippen LogP contribution in [0.15, 0.2) is 36.4 Å². The number of hydrogen-bond donors (Lipinski definition) is 1. The largest absolute Gasteiger partial charge is 0.348 e. The summed E-state index contributed by atoms with van der Waals surface area (Å²) >= 11 is 0. The standard InChI is InChI=1S/C24H32N2O3S/c1-5-22(21-13-12-19-8-6-7-9-20(19)15-21)25-24(27)16-26(30(4,28)29)23-14-17(2)10-11-18(23)3/h10-15,22H,5-9,16H2,1-4H3,(H,25,27)/t22-/m1/s1. The number of nitrogens with zero attached hydrogens (tertiary/aromatic N) is 1. The topological polar surface area (TPSA) is 66.5 Å². The number of carbonyl (C=O) groups is 1. The van der Waals surface area contributed by atoms with Crippen LogP contribution in [0, 0.1) is 13.8 Å². The number of fused-ring (bicyclic) bond motifs is 1. The van der Waals surface area contributed by atoms with Gasteiger partial charge in [0.1, 0.15) is 6.54 Å². The van der Waals surface area contributed by atoms with Gasteiger partial charge in [-0.25, -0.2) is 8.42 Å². The van der Waals surface area contributed by atoms with Crippen LogP contribution in [0.3, 0.4) is 0 Å². The van der Waals surface area contributed by atoms with Crippen molar-refractivity contribution in [2.24, 2.45) is 0 Å². The van der Waals surface area contributed by atoms with Crippen LogP contribution >= 0.6 is 0 Å². The highest BCUT2D eigenvalue weighted by atomic mass is 32.2. The Morgan fingerprint density at radius 3 is 2.43 bits per heavy atom. The van der Waals surface area contributed by atoms with Crippen molar-refractivity contribution in [2.75, 3.05) is 17.1 Å². The average Bonchev–Trinajstić information content (AvgIpc) is 2.71. The van der Waals surface area contributed by atoms with Crippen molar-refractivity contribution in [3.05, 3.63) is 64.2 Å². The minimum absolute atomic E-state index is 0.134. The van der Waals surface area contributed by atoms with Crippen LogP contribution in [0.5, 0.6) is 0 Å². The van der Waals surface area contributed by atoms with E-state index in [4.69, 9.17) is 0 Å². The minimum Gasteiger partial charge on any atom is -0.348 e. The normalized spacial score (nSPS) is 14.7. The molecule has 0 aliphatic heterocycles. The van der Waals surface area contributed by atoms with Crippen LogP contribution in [-0.4, -0.2) is 27.1 Å². The van der Waals surface area contributed by atoms with E-state index >= 15 is 0 Å². The molecular weight excluding hydrogens is 396 g/mol. The van der Waals surface area contributed by atoms with Crippen LogP contribution in [0.4, 0.5) is 5.69 Å². The summed E-state index contributed by atoms with van der Waals surface area (Å²) in [6.45, 7) is 5.56. The number of amides is 1. The second-order valence-electron chi connectivity index (χ2n) is 8.32. The van der Waals surface area contributed by atoms with Crippen LogP contribution in [0.25, 0.3) is 0 Å². The molecule has 0 saturated carbocycles.